The zero-order chi connectivity index (χ0) is 25.7. The molecule has 2 unspecified atom stereocenters. The van der Waals surface area contributed by atoms with E-state index in [0.29, 0.717) is 12.0 Å². The minimum absolute atomic E-state index is 0.0278. The first-order valence-electron chi connectivity index (χ1n) is 10.5. The lowest BCUT2D eigenvalue weighted by Crippen LogP contribution is -2.50. The van der Waals surface area contributed by atoms with Crippen LogP contribution in [0.5, 0.6) is 0 Å². The SMILES string of the molecule is C#CC.C#CCC1(C(F)(F)F)CC(C)(C)c2ccccc2C(OCCCO)O1.CCC(F)F. The van der Waals surface area contributed by atoms with Crippen LogP contribution in [0.1, 0.15) is 70.8 Å². The van der Waals surface area contributed by atoms with Gasteiger partial charge in [0, 0.05) is 25.0 Å². The lowest BCUT2D eigenvalue weighted by molar-refractivity contribution is -0.328. The second-order valence-corrected chi connectivity index (χ2v) is 8.01. The van der Waals surface area contributed by atoms with Gasteiger partial charge >= 0.3 is 6.18 Å². The molecule has 1 heterocycles. The summed E-state index contributed by atoms with van der Waals surface area (Å²) in [5.41, 5.74) is -1.99. The molecule has 0 bridgehead atoms. The highest BCUT2D eigenvalue weighted by atomic mass is 19.4. The molecule has 1 N–H and O–H groups in total. The van der Waals surface area contributed by atoms with Crippen molar-refractivity contribution < 1.29 is 36.5 Å². The number of benzene rings is 1. The maximum Gasteiger partial charge on any atom is 0.418 e. The highest BCUT2D eigenvalue weighted by Gasteiger charge is 2.60. The molecule has 0 aromatic heterocycles. The van der Waals surface area contributed by atoms with Gasteiger partial charge in [-0.1, -0.05) is 45.0 Å². The number of alkyl halides is 5. The summed E-state index contributed by atoms with van der Waals surface area (Å²) >= 11 is 0. The molecule has 1 aliphatic heterocycles. The molecular formula is C25H33F5O3. The van der Waals surface area contributed by atoms with Gasteiger partial charge in [-0.2, -0.15) is 13.2 Å². The third kappa shape index (κ3) is 9.33. The van der Waals surface area contributed by atoms with Gasteiger partial charge in [-0.3, -0.25) is 0 Å². The van der Waals surface area contributed by atoms with Crippen molar-refractivity contribution in [2.24, 2.45) is 0 Å². The Labute approximate surface area is 193 Å². The third-order valence-electron chi connectivity index (χ3n) is 4.79. The summed E-state index contributed by atoms with van der Waals surface area (Å²) in [5.74, 6) is 4.37. The van der Waals surface area contributed by atoms with Crippen molar-refractivity contribution in [2.45, 2.75) is 83.3 Å². The molecule has 2 atom stereocenters. The summed E-state index contributed by atoms with van der Waals surface area (Å²) < 4.78 is 74.6. The normalized spacial score (nSPS) is 21.2. The fourth-order valence-corrected chi connectivity index (χ4v) is 3.35. The number of hydrogen-bond donors (Lipinski definition) is 1. The smallest absolute Gasteiger partial charge is 0.396 e. The molecule has 0 fully saturated rings. The van der Waals surface area contributed by atoms with Crippen molar-refractivity contribution >= 4 is 0 Å². The van der Waals surface area contributed by atoms with Crippen LogP contribution in [0.4, 0.5) is 22.0 Å². The van der Waals surface area contributed by atoms with E-state index in [9.17, 15) is 22.0 Å². The van der Waals surface area contributed by atoms with E-state index < -0.39 is 36.3 Å². The molecule has 0 saturated carbocycles. The summed E-state index contributed by atoms with van der Waals surface area (Å²) in [4.78, 5) is 0. The lowest BCUT2D eigenvalue weighted by atomic mass is 9.73. The zero-order valence-corrected chi connectivity index (χ0v) is 19.5. The van der Waals surface area contributed by atoms with Crippen molar-refractivity contribution in [3.8, 4) is 24.7 Å². The Hall–Kier alpha value is -2.13. The number of rotatable bonds is 6. The highest BCUT2D eigenvalue weighted by molar-refractivity contribution is 5.36. The molecule has 0 radical (unpaired) electrons. The minimum Gasteiger partial charge on any atom is -0.396 e. The van der Waals surface area contributed by atoms with Crippen LogP contribution in [0, 0.1) is 24.7 Å². The van der Waals surface area contributed by atoms with Gasteiger partial charge in [0.2, 0.25) is 6.43 Å². The van der Waals surface area contributed by atoms with Gasteiger partial charge in [-0.15, -0.1) is 24.7 Å². The number of fused-ring (bicyclic) bond motifs is 1. The first-order chi connectivity index (χ1) is 15.4. The van der Waals surface area contributed by atoms with Crippen LogP contribution in [0.25, 0.3) is 0 Å². The van der Waals surface area contributed by atoms with Crippen LogP contribution in [0.2, 0.25) is 0 Å². The van der Waals surface area contributed by atoms with Crippen LogP contribution in [0.3, 0.4) is 0 Å². The fraction of sp³-hybridized carbons (Fsp3) is 0.600. The van der Waals surface area contributed by atoms with Crippen molar-refractivity contribution in [3.63, 3.8) is 0 Å². The summed E-state index contributed by atoms with van der Waals surface area (Å²) in [5, 5.41) is 8.92. The van der Waals surface area contributed by atoms with Gasteiger partial charge in [0.15, 0.2) is 11.9 Å². The van der Waals surface area contributed by atoms with Crippen LogP contribution in [-0.2, 0) is 14.9 Å². The largest absolute Gasteiger partial charge is 0.418 e. The molecular weight excluding hydrogens is 443 g/mol. The molecule has 1 aliphatic rings. The van der Waals surface area contributed by atoms with Gasteiger partial charge in [0.1, 0.15) is 0 Å². The molecule has 1 aromatic carbocycles. The highest BCUT2D eigenvalue weighted by Crippen LogP contribution is 2.51. The topological polar surface area (TPSA) is 38.7 Å². The van der Waals surface area contributed by atoms with Crippen LogP contribution in [-0.4, -0.2) is 36.5 Å². The Morgan fingerprint density at radius 1 is 1.24 bits per heavy atom. The standard InChI is InChI=1S/C19H23F3O3.C3H6F2.C3H4/c1-4-10-18(19(20,21)22)13-17(2,3)15-9-6-5-8-14(15)16(25-18)24-12-7-11-23;1-2-3(4)5;1-3-2/h1,5-6,8-9,16,23H,7,10-13H2,2-3H3;3H,2H2,1H3;1H,2H3. The van der Waals surface area contributed by atoms with E-state index in [1.54, 1.807) is 45.0 Å². The molecule has 1 aromatic rings. The van der Waals surface area contributed by atoms with E-state index >= 15 is 0 Å². The minimum atomic E-state index is -4.64. The van der Waals surface area contributed by atoms with Crippen LogP contribution >= 0.6 is 0 Å². The predicted octanol–water partition coefficient (Wildman–Crippen LogP) is 6.41. The molecule has 2 rings (SSSR count). The first kappa shape index (κ1) is 30.9. The van der Waals surface area contributed by atoms with Gasteiger partial charge in [-0.25, -0.2) is 8.78 Å². The van der Waals surface area contributed by atoms with Crippen LogP contribution < -0.4 is 0 Å². The van der Waals surface area contributed by atoms with Gasteiger partial charge in [0.25, 0.3) is 0 Å². The Balaban J connectivity index is 0.00000111. The molecule has 3 nitrogen and oxygen atoms in total. The summed E-state index contributed by atoms with van der Waals surface area (Å²) in [7, 11) is 0. The van der Waals surface area contributed by atoms with Gasteiger partial charge in [-0.05, 0) is 30.7 Å². The number of halogens is 5. The lowest BCUT2D eigenvalue weighted by Gasteiger charge is -2.39. The quantitative estimate of drug-likeness (QED) is 0.293. The molecule has 8 heteroatoms. The summed E-state index contributed by atoms with van der Waals surface area (Å²) in [6, 6.07) is 7.03. The zero-order valence-electron chi connectivity index (χ0n) is 19.5. The number of aliphatic hydroxyl groups is 1. The second-order valence-electron chi connectivity index (χ2n) is 8.01. The second kappa shape index (κ2) is 14.2. The van der Waals surface area contributed by atoms with Gasteiger partial charge < -0.3 is 14.6 Å². The average Bonchev–Trinajstić information content (AvgIpc) is 2.82. The monoisotopic (exact) mass is 476 g/mol. The van der Waals surface area contributed by atoms with Crippen molar-refractivity contribution in [2.75, 3.05) is 13.2 Å². The van der Waals surface area contributed by atoms with E-state index in [1.807, 2.05) is 0 Å². The number of hydrogen-bond acceptors (Lipinski definition) is 3. The number of aliphatic hydroxyl groups excluding tert-OH is 1. The van der Waals surface area contributed by atoms with E-state index in [1.165, 1.54) is 6.92 Å². The predicted molar refractivity (Wildman–Crippen MR) is 119 cm³/mol. The maximum atomic E-state index is 14.0. The van der Waals surface area contributed by atoms with E-state index in [4.69, 9.17) is 21.0 Å². The molecule has 33 heavy (non-hydrogen) atoms. The van der Waals surface area contributed by atoms with E-state index in [0.717, 1.165) is 5.56 Å². The molecule has 186 valence electrons. The maximum absolute atomic E-state index is 14.0. The van der Waals surface area contributed by atoms with Gasteiger partial charge in [0.05, 0.1) is 6.61 Å². The van der Waals surface area contributed by atoms with Crippen molar-refractivity contribution in [1.82, 2.24) is 0 Å². The Morgan fingerprint density at radius 2 is 1.79 bits per heavy atom. The Bertz CT molecular complexity index is 777. The van der Waals surface area contributed by atoms with Crippen LogP contribution in [0.15, 0.2) is 24.3 Å². The summed E-state index contributed by atoms with van der Waals surface area (Å²) in [6.45, 7) is 6.57. The van der Waals surface area contributed by atoms with Crippen molar-refractivity contribution in [3.05, 3.63) is 35.4 Å². The number of terminal acetylenes is 2. The third-order valence-corrected chi connectivity index (χ3v) is 4.79. The Morgan fingerprint density at radius 3 is 2.24 bits per heavy atom. The average molecular weight is 477 g/mol. The summed E-state index contributed by atoms with van der Waals surface area (Å²) in [6.07, 6.45) is 1.28. The first-order valence-corrected chi connectivity index (χ1v) is 10.5. The molecule has 0 spiro atoms. The van der Waals surface area contributed by atoms with E-state index in [-0.39, 0.29) is 26.1 Å². The number of ether oxygens (including phenoxy) is 2. The molecule has 0 amide bonds. The van der Waals surface area contributed by atoms with Crippen molar-refractivity contribution in [1.29, 1.82) is 0 Å². The fourth-order valence-electron chi connectivity index (χ4n) is 3.35. The van der Waals surface area contributed by atoms with E-state index in [2.05, 4.69) is 18.3 Å². The molecule has 0 aliphatic carbocycles. The Kier molecular flexibility index (Phi) is 13.3. The molecule has 0 saturated heterocycles.